The molecule has 246 valence electrons. The first kappa shape index (κ1) is 29.8. The molecule has 2 aliphatic rings. The van der Waals surface area contributed by atoms with Crippen LogP contribution in [-0.2, 0) is 10.8 Å². The third-order valence-electron chi connectivity index (χ3n) is 11.0. The van der Waals surface area contributed by atoms with Crippen molar-refractivity contribution in [2.24, 2.45) is 0 Å². The Morgan fingerprint density at radius 1 is 0.569 bits per heavy atom. The molecular formula is C48H37NO2. The standard InChI is InChI=1S/C48H37NO2/c1-30-15-5-11-21-39(30)49(32-27-25-31(26-28-32)47(2,3)4)40-29-38-44(45-34-17-7-12-22-41(34)51-46(40)45)33-16-6-8-18-35(33)48(38)36-19-9-13-23-42(36)50-43-24-14-10-20-37(43)48/h5-29H,1-4H3. The van der Waals surface area contributed by atoms with Gasteiger partial charge in [-0.05, 0) is 88.2 Å². The number of ether oxygens (including phenoxy) is 1. The zero-order valence-electron chi connectivity index (χ0n) is 29.2. The maximum Gasteiger partial charge on any atom is 0.160 e. The highest BCUT2D eigenvalue weighted by molar-refractivity contribution is 6.19. The van der Waals surface area contributed by atoms with Gasteiger partial charge in [0.15, 0.2) is 5.58 Å². The molecule has 3 heteroatoms. The van der Waals surface area contributed by atoms with Crippen molar-refractivity contribution in [3.8, 4) is 22.6 Å². The molecule has 3 nitrogen and oxygen atoms in total. The molecule has 51 heavy (non-hydrogen) atoms. The summed E-state index contributed by atoms with van der Waals surface area (Å²) >= 11 is 0. The van der Waals surface area contributed by atoms with Gasteiger partial charge in [-0.25, -0.2) is 0 Å². The first-order valence-corrected chi connectivity index (χ1v) is 17.8. The second-order valence-corrected chi connectivity index (χ2v) is 14.9. The molecule has 2 heterocycles. The highest BCUT2D eigenvalue weighted by Gasteiger charge is 2.52. The Morgan fingerprint density at radius 3 is 1.88 bits per heavy atom. The third-order valence-corrected chi connectivity index (χ3v) is 11.0. The molecule has 10 rings (SSSR count). The summed E-state index contributed by atoms with van der Waals surface area (Å²) in [6.45, 7) is 8.98. The highest BCUT2D eigenvalue weighted by atomic mass is 16.5. The van der Waals surface area contributed by atoms with Crippen LogP contribution in [0.5, 0.6) is 11.5 Å². The van der Waals surface area contributed by atoms with Gasteiger partial charge in [0.05, 0.1) is 11.1 Å². The predicted octanol–water partition coefficient (Wildman–Crippen LogP) is 13.1. The van der Waals surface area contributed by atoms with Crippen LogP contribution < -0.4 is 9.64 Å². The van der Waals surface area contributed by atoms with Gasteiger partial charge < -0.3 is 14.1 Å². The van der Waals surface area contributed by atoms with E-state index in [9.17, 15) is 0 Å². The number of hydrogen-bond acceptors (Lipinski definition) is 3. The van der Waals surface area contributed by atoms with E-state index in [-0.39, 0.29) is 5.41 Å². The number of rotatable bonds is 3. The molecule has 0 saturated heterocycles. The molecule has 7 aromatic carbocycles. The Labute approximate surface area is 298 Å². The Balaban J connectivity index is 1.40. The topological polar surface area (TPSA) is 25.6 Å². The van der Waals surface area contributed by atoms with Gasteiger partial charge in [0.2, 0.25) is 0 Å². The minimum atomic E-state index is -0.619. The predicted molar refractivity (Wildman–Crippen MR) is 209 cm³/mol. The van der Waals surface area contributed by atoms with E-state index in [1.807, 2.05) is 0 Å². The van der Waals surface area contributed by atoms with Gasteiger partial charge in [0.25, 0.3) is 0 Å². The molecule has 8 aromatic rings. The quantitative estimate of drug-likeness (QED) is 0.189. The lowest BCUT2D eigenvalue weighted by Crippen LogP contribution is -2.32. The average Bonchev–Trinajstić information content (AvgIpc) is 3.67. The summed E-state index contributed by atoms with van der Waals surface area (Å²) in [5, 5.41) is 2.24. The van der Waals surface area contributed by atoms with E-state index < -0.39 is 5.41 Å². The smallest absolute Gasteiger partial charge is 0.160 e. The van der Waals surface area contributed by atoms with E-state index in [4.69, 9.17) is 9.15 Å². The van der Waals surface area contributed by atoms with Crippen molar-refractivity contribution in [3.05, 3.63) is 185 Å². The van der Waals surface area contributed by atoms with Crippen molar-refractivity contribution in [3.63, 3.8) is 0 Å². The molecule has 0 unspecified atom stereocenters. The SMILES string of the molecule is Cc1ccccc1N(c1ccc(C(C)(C)C)cc1)c1cc2c(c3c1oc1ccccc13)-c1ccccc1C21c2ccccc2Oc2ccccc21. The van der Waals surface area contributed by atoms with Crippen molar-refractivity contribution in [2.45, 2.75) is 38.5 Å². The van der Waals surface area contributed by atoms with Gasteiger partial charge in [0.1, 0.15) is 17.1 Å². The lowest BCUT2D eigenvalue weighted by Gasteiger charge is -2.39. The van der Waals surface area contributed by atoms with Crippen LogP contribution in [0.3, 0.4) is 0 Å². The molecule has 0 atom stereocenters. The zero-order valence-corrected chi connectivity index (χ0v) is 29.2. The van der Waals surface area contributed by atoms with E-state index in [1.165, 1.54) is 33.4 Å². The summed E-state index contributed by atoms with van der Waals surface area (Å²) in [5.41, 5.74) is 14.0. The minimum absolute atomic E-state index is 0.0353. The molecule has 0 saturated carbocycles. The van der Waals surface area contributed by atoms with Crippen LogP contribution in [0.2, 0.25) is 0 Å². The third kappa shape index (κ3) is 4.12. The Hall–Kier alpha value is -6.06. The van der Waals surface area contributed by atoms with E-state index in [1.54, 1.807) is 0 Å². The lowest BCUT2D eigenvalue weighted by atomic mass is 9.66. The molecule has 0 amide bonds. The number of aryl methyl sites for hydroxylation is 1. The molecule has 0 radical (unpaired) electrons. The van der Waals surface area contributed by atoms with Gasteiger partial charge in [-0.1, -0.05) is 130 Å². The van der Waals surface area contributed by atoms with E-state index in [0.29, 0.717) is 0 Å². The molecule has 1 aromatic heterocycles. The Kier molecular flexibility index (Phi) is 6.27. The van der Waals surface area contributed by atoms with Crippen LogP contribution >= 0.6 is 0 Å². The molecule has 1 spiro atoms. The molecule has 0 N–H and O–H groups in total. The Morgan fingerprint density at radius 2 is 1.18 bits per heavy atom. The molecular weight excluding hydrogens is 623 g/mol. The monoisotopic (exact) mass is 659 g/mol. The van der Waals surface area contributed by atoms with Crippen LogP contribution in [0.1, 0.15) is 54.2 Å². The highest BCUT2D eigenvalue weighted by Crippen LogP contribution is 2.65. The number of furan rings is 1. The fourth-order valence-corrected chi connectivity index (χ4v) is 8.71. The van der Waals surface area contributed by atoms with Gasteiger partial charge in [-0.2, -0.15) is 0 Å². The van der Waals surface area contributed by atoms with Gasteiger partial charge in [0, 0.05) is 33.3 Å². The van der Waals surface area contributed by atoms with Gasteiger partial charge in [-0.3, -0.25) is 0 Å². The number of para-hydroxylation sites is 4. The van der Waals surface area contributed by atoms with Crippen LogP contribution in [0.15, 0.2) is 156 Å². The zero-order chi connectivity index (χ0) is 34.5. The number of benzene rings is 7. The molecule has 1 aliphatic heterocycles. The second kappa shape index (κ2) is 10.7. The number of fused-ring (bicyclic) bond motifs is 13. The van der Waals surface area contributed by atoms with E-state index in [0.717, 1.165) is 61.6 Å². The van der Waals surface area contributed by atoms with E-state index >= 15 is 0 Å². The lowest BCUT2D eigenvalue weighted by molar-refractivity contribution is 0.436. The summed E-state index contributed by atoms with van der Waals surface area (Å²) in [5.74, 6) is 1.76. The van der Waals surface area contributed by atoms with Gasteiger partial charge >= 0.3 is 0 Å². The summed E-state index contributed by atoms with van der Waals surface area (Å²) in [7, 11) is 0. The first-order valence-electron chi connectivity index (χ1n) is 17.8. The van der Waals surface area contributed by atoms with Crippen LogP contribution in [0.4, 0.5) is 17.1 Å². The maximum absolute atomic E-state index is 7.01. The fraction of sp³-hybridized carbons (Fsp3) is 0.125. The second-order valence-electron chi connectivity index (χ2n) is 14.9. The minimum Gasteiger partial charge on any atom is -0.457 e. The maximum atomic E-state index is 7.01. The summed E-state index contributed by atoms with van der Waals surface area (Å²) in [6, 6.07) is 54.7. The van der Waals surface area contributed by atoms with Crippen LogP contribution in [0.25, 0.3) is 33.1 Å². The van der Waals surface area contributed by atoms with Crippen molar-refractivity contribution >= 4 is 39.0 Å². The van der Waals surface area contributed by atoms with Crippen molar-refractivity contribution < 1.29 is 9.15 Å². The number of hydrogen-bond donors (Lipinski definition) is 0. The first-order chi connectivity index (χ1) is 24.9. The molecule has 0 bridgehead atoms. The van der Waals surface area contributed by atoms with Crippen LogP contribution in [-0.4, -0.2) is 0 Å². The van der Waals surface area contributed by atoms with Crippen molar-refractivity contribution in [1.82, 2.24) is 0 Å². The average molecular weight is 660 g/mol. The summed E-state index contributed by atoms with van der Waals surface area (Å²) < 4.78 is 13.7. The normalized spacial score (nSPS) is 13.8. The number of nitrogens with zero attached hydrogens (tertiary/aromatic N) is 1. The Bertz CT molecular complexity index is 2630. The van der Waals surface area contributed by atoms with Crippen molar-refractivity contribution in [1.29, 1.82) is 0 Å². The summed E-state index contributed by atoms with van der Waals surface area (Å²) in [4.78, 5) is 2.40. The van der Waals surface area contributed by atoms with Crippen molar-refractivity contribution in [2.75, 3.05) is 4.90 Å². The number of anilines is 3. The fourth-order valence-electron chi connectivity index (χ4n) is 8.71. The van der Waals surface area contributed by atoms with Gasteiger partial charge in [-0.15, -0.1) is 0 Å². The molecule has 1 aliphatic carbocycles. The largest absolute Gasteiger partial charge is 0.457 e. The van der Waals surface area contributed by atoms with Crippen LogP contribution in [0, 0.1) is 6.92 Å². The van der Waals surface area contributed by atoms with E-state index in [2.05, 4.69) is 184 Å². The molecule has 0 fully saturated rings. The summed E-state index contributed by atoms with van der Waals surface area (Å²) in [6.07, 6.45) is 0.